The molecule has 1 aromatic carbocycles. The van der Waals surface area contributed by atoms with Crippen molar-refractivity contribution < 1.29 is 4.39 Å². The fourth-order valence-electron chi connectivity index (χ4n) is 3.06. The van der Waals surface area contributed by atoms with Crippen molar-refractivity contribution in [3.05, 3.63) is 46.8 Å². The monoisotopic (exact) mass is 335 g/mol. The van der Waals surface area contributed by atoms with E-state index in [2.05, 4.69) is 48.2 Å². The molecule has 23 heavy (non-hydrogen) atoms. The number of aromatic amines is 1. The molecule has 0 spiro atoms. The number of halogens is 2. The minimum absolute atomic E-state index is 0.0105. The fourth-order valence-corrected chi connectivity index (χ4v) is 3.45. The fraction of sp³-hybridized carbons (Fsp3) is 0.444. The maximum absolute atomic E-state index is 13.2. The molecule has 0 saturated carbocycles. The Hall–Kier alpha value is -1.52. The van der Waals surface area contributed by atoms with Gasteiger partial charge >= 0.3 is 0 Å². The molecule has 2 heterocycles. The van der Waals surface area contributed by atoms with Crippen LogP contribution in [0, 0.1) is 0 Å². The molecule has 3 N–H and O–H groups in total. The Kier molecular flexibility index (Phi) is 4.64. The molecule has 0 bridgehead atoms. The number of aromatic nitrogens is 1. The molecule has 1 aromatic heterocycles. The molecule has 3 nitrogen and oxygen atoms in total. The summed E-state index contributed by atoms with van der Waals surface area (Å²) in [7, 11) is 0. The molecule has 124 valence electrons. The Morgan fingerprint density at radius 1 is 1.43 bits per heavy atom. The van der Waals surface area contributed by atoms with Crippen molar-refractivity contribution in [1.82, 2.24) is 15.6 Å². The first-order valence-electron chi connectivity index (χ1n) is 8.05. The van der Waals surface area contributed by atoms with Gasteiger partial charge in [0.2, 0.25) is 0 Å². The zero-order valence-corrected chi connectivity index (χ0v) is 14.3. The van der Waals surface area contributed by atoms with Crippen molar-refractivity contribution in [3.63, 3.8) is 0 Å². The van der Waals surface area contributed by atoms with E-state index in [1.165, 1.54) is 0 Å². The molecule has 0 radical (unpaired) electrons. The highest BCUT2D eigenvalue weighted by Gasteiger charge is 2.25. The lowest BCUT2D eigenvalue weighted by molar-refractivity contribution is 0.357. The SMILES string of the molecule is C=C(NCc1cc2cc(Cl)c(C(C)C)cc2[nH]1)C1CC(F)CN1. The van der Waals surface area contributed by atoms with E-state index in [1.54, 1.807) is 0 Å². The number of H-pyrrole nitrogens is 1. The van der Waals surface area contributed by atoms with Crippen molar-refractivity contribution in [3.8, 4) is 0 Å². The second-order valence-corrected chi connectivity index (χ2v) is 6.99. The molecule has 2 aromatic rings. The highest BCUT2D eigenvalue weighted by atomic mass is 35.5. The lowest BCUT2D eigenvalue weighted by Crippen LogP contribution is -2.30. The van der Waals surface area contributed by atoms with Gasteiger partial charge in [-0.05, 0) is 29.7 Å². The van der Waals surface area contributed by atoms with Crippen LogP contribution >= 0.6 is 11.6 Å². The highest BCUT2D eigenvalue weighted by Crippen LogP contribution is 2.29. The molecule has 1 aliphatic heterocycles. The molecule has 1 aliphatic rings. The Morgan fingerprint density at radius 3 is 2.87 bits per heavy atom. The average molecular weight is 336 g/mol. The molecule has 2 unspecified atom stereocenters. The molecule has 1 fully saturated rings. The van der Waals surface area contributed by atoms with Gasteiger partial charge < -0.3 is 15.6 Å². The first-order chi connectivity index (χ1) is 10.9. The van der Waals surface area contributed by atoms with Gasteiger partial charge in [-0.1, -0.05) is 32.0 Å². The van der Waals surface area contributed by atoms with E-state index in [4.69, 9.17) is 11.6 Å². The average Bonchev–Trinajstić information content (AvgIpc) is 3.09. The highest BCUT2D eigenvalue weighted by molar-refractivity contribution is 6.32. The quantitative estimate of drug-likeness (QED) is 0.764. The largest absolute Gasteiger partial charge is 0.382 e. The Bertz CT molecular complexity index is 722. The van der Waals surface area contributed by atoms with Crippen LogP contribution < -0.4 is 10.6 Å². The summed E-state index contributed by atoms with van der Waals surface area (Å²) in [4.78, 5) is 3.42. The lowest BCUT2D eigenvalue weighted by Gasteiger charge is -2.15. The van der Waals surface area contributed by atoms with Gasteiger partial charge in [0, 0.05) is 46.3 Å². The van der Waals surface area contributed by atoms with Crippen molar-refractivity contribution in [1.29, 1.82) is 0 Å². The molecule has 0 aliphatic carbocycles. The van der Waals surface area contributed by atoms with Crippen molar-refractivity contribution in [2.45, 2.75) is 44.9 Å². The van der Waals surface area contributed by atoms with Crippen molar-refractivity contribution >= 4 is 22.5 Å². The zero-order valence-electron chi connectivity index (χ0n) is 13.5. The van der Waals surface area contributed by atoms with Crippen LogP contribution in [0.15, 0.2) is 30.5 Å². The van der Waals surface area contributed by atoms with Crippen LogP contribution in [0.3, 0.4) is 0 Å². The Labute approximate surface area is 141 Å². The van der Waals surface area contributed by atoms with Gasteiger partial charge in [0.15, 0.2) is 0 Å². The van der Waals surface area contributed by atoms with Gasteiger partial charge in [0.05, 0.1) is 6.54 Å². The predicted octanol–water partition coefficient (Wildman–Crippen LogP) is 4.25. The molecular formula is C18H23ClFN3. The number of fused-ring (bicyclic) bond motifs is 1. The standard InChI is InChI=1S/C18H23ClFN3/c1-10(2)15-7-18-12(5-16(15)19)4-14(23-18)9-21-11(3)17-6-13(20)8-22-17/h4-5,7,10,13,17,21-23H,3,6,8-9H2,1-2H3. The van der Waals surface area contributed by atoms with E-state index in [9.17, 15) is 4.39 Å². The maximum atomic E-state index is 13.2. The van der Waals surface area contributed by atoms with Crippen LogP contribution in [-0.2, 0) is 6.54 Å². The number of alkyl halides is 1. The molecule has 0 amide bonds. The van der Waals surface area contributed by atoms with E-state index in [0.717, 1.165) is 32.9 Å². The Balaban J connectivity index is 1.70. The summed E-state index contributed by atoms with van der Waals surface area (Å²) in [5.74, 6) is 0.388. The van der Waals surface area contributed by atoms with Crippen LogP contribution in [0.1, 0.15) is 37.4 Å². The van der Waals surface area contributed by atoms with E-state index in [0.29, 0.717) is 25.4 Å². The van der Waals surface area contributed by atoms with Crippen molar-refractivity contribution in [2.24, 2.45) is 0 Å². The lowest BCUT2D eigenvalue weighted by atomic mass is 10.0. The third-order valence-electron chi connectivity index (χ3n) is 4.42. The molecular weight excluding hydrogens is 313 g/mol. The number of nitrogens with one attached hydrogen (secondary N) is 3. The van der Waals surface area contributed by atoms with Crippen LogP contribution in [0.2, 0.25) is 5.02 Å². The van der Waals surface area contributed by atoms with Crippen LogP contribution in [0.5, 0.6) is 0 Å². The van der Waals surface area contributed by atoms with E-state index in [-0.39, 0.29) is 6.04 Å². The van der Waals surface area contributed by atoms with Gasteiger partial charge in [-0.3, -0.25) is 0 Å². The van der Waals surface area contributed by atoms with E-state index >= 15 is 0 Å². The second-order valence-electron chi connectivity index (χ2n) is 6.58. The topological polar surface area (TPSA) is 39.9 Å². The second kappa shape index (κ2) is 6.54. The first-order valence-corrected chi connectivity index (χ1v) is 8.43. The summed E-state index contributed by atoms with van der Waals surface area (Å²) < 4.78 is 13.2. The van der Waals surface area contributed by atoms with Gasteiger partial charge in [0.1, 0.15) is 6.17 Å². The number of hydrogen-bond acceptors (Lipinski definition) is 2. The molecule has 2 atom stereocenters. The smallest absolute Gasteiger partial charge is 0.114 e. The molecule has 1 saturated heterocycles. The van der Waals surface area contributed by atoms with Crippen LogP contribution in [-0.4, -0.2) is 23.7 Å². The molecule has 3 rings (SSSR count). The summed E-state index contributed by atoms with van der Waals surface area (Å²) in [6.07, 6.45) is -0.283. The van der Waals surface area contributed by atoms with E-state index in [1.807, 2.05) is 6.07 Å². The first kappa shape index (κ1) is 16.3. The number of rotatable bonds is 5. The summed E-state index contributed by atoms with van der Waals surface area (Å²) in [6, 6.07) is 6.22. The van der Waals surface area contributed by atoms with Gasteiger partial charge in [0.25, 0.3) is 0 Å². The minimum atomic E-state index is -0.775. The number of benzene rings is 1. The van der Waals surface area contributed by atoms with Crippen molar-refractivity contribution in [2.75, 3.05) is 6.54 Å². The maximum Gasteiger partial charge on any atom is 0.114 e. The molecule has 5 heteroatoms. The zero-order chi connectivity index (χ0) is 16.6. The third kappa shape index (κ3) is 3.54. The predicted molar refractivity (Wildman–Crippen MR) is 94.7 cm³/mol. The van der Waals surface area contributed by atoms with Crippen LogP contribution in [0.4, 0.5) is 4.39 Å². The third-order valence-corrected chi connectivity index (χ3v) is 4.75. The summed E-state index contributed by atoms with van der Waals surface area (Å²) in [5.41, 5.74) is 4.13. The normalized spacial score (nSPS) is 21.3. The van der Waals surface area contributed by atoms with Gasteiger partial charge in [-0.25, -0.2) is 4.39 Å². The van der Waals surface area contributed by atoms with Crippen LogP contribution in [0.25, 0.3) is 10.9 Å². The van der Waals surface area contributed by atoms with E-state index < -0.39 is 6.17 Å². The summed E-state index contributed by atoms with van der Waals surface area (Å²) >= 11 is 6.35. The summed E-state index contributed by atoms with van der Waals surface area (Å²) in [6.45, 7) is 9.33. The van der Waals surface area contributed by atoms with Gasteiger partial charge in [-0.2, -0.15) is 0 Å². The van der Waals surface area contributed by atoms with Gasteiger partial charge in [-0.15, -0.1) is 0 Å². The Morgan fingerprint density at radius 2 is 2.22 bits per heavy atom. The minimum Gasteiger partial charge on any atom is -0.382 e. The summed E-state index contributed by atoms with van der Waals surface area (Å²) in [5, 5.41) is 8.32. The number of hydrogen-bond donors (Lipinski definition) is 3.